The molecule has 0 saturated heterocycles. The summed E-state index contributed by atoms with van der Waals surface area (Å²) in [5.74, 6) is -2.50. The number of carboxylic acid groups (broad SMARTS) is 1. The molecule has 5 N–H and O–H groups in total. The Hall–Kier alpha value is -3.42. The third kappa shape index (κ3) is 12.6. The fourth-order valence-corrected chi connectivity index (χ4v) is 3.27. The Morgan fingerprint density at radius 3 is 1.44 bits per heavy atom. The van der Waals surface area contributed by atoms with Crippen molar-refractivity contribution >= 4 is 11.9 Å². The van der Waals surface area contributed by atoms with Gasteiger partial charge in [0.1, 0.15) is 23.0 Å². The van der Waals surface area contributed by atoms with Gasteiger partial charge in [0.25, 0.3) is 0 Å². The fraction of sp³-hybridized carbons (Fsp3) is 0.462. The van der Waals surface area contributed by atoms with Crippen LogP contribution in [0.1, 0.15) is 93.3 Å². The number of unbranched alkanes of at least 4 members (excludes halogenated alkanes) is 9. The van der Waals surface area contributed by atoms with Crippen molar-refractivity contribution in [3.8, 4) is 23.0 Å². The van der Waals surface area contributed by atoms with Gasteiger partial charge in [-0.05, 0) is 30.7 Å². The highest BCUT2D eigenvalue weighted by atomic mass is 16.5. The summed E-state index contributed by atoms with van der Waals surface area (Å²) in [4.78, 5) is 22.0. The van der Waals surface area contributed by atoms with Gasteiger partial charge in [-0.3, -0.25) is 0 Å². The van der Waals surface area contributed by atoms with E-state index in [9.17, 15) is 19.8 Å². The summed E-state index contributed by atoms with van der Waals surface area (Å²) in [6.07, 6.45) is 12.3. The number of aromatic carboxylic acids is 1. The first-order valence-corrected chi connectivity index (χ1v) is 11.7. The van der Waals surface area contributed by atoms with Crippen molar-refractivity contribution in [2.75, 3.05) is 6.61 Å². The second-order valence-electron chi connectivity index (χ2n) is 8.10. The number of hydrogen-bond donors (Lipinski definition) is 5. The van der Waals surface area contributed by atoms with E-state index in [1.807, 2.05) is 0 Å². The van der Waals surface area contributed by atoms with Crippen LogP contribution in [0.25, 0.3) is 0 Å². The maximum absolute atomic E-state index is 11.8. The lowest BCUT2D eigenvalue weighted by atomic mass is 10.1. The minimum atomic E-state index is -1.18. The van der Waals surface area contributed by atoms with Gasteiger partial charge in [0.15, 0.2) is 0 Å². The van der Waals surface area contributed by atoms with Crippen LogP contribution in [0.4, 0.5) is 0 Å². The van der Waals surface area contributed by atoms with Crippen LogP contribution in [0.3, 0.4) is 0 Å². The lowest BCUT2D eigenvalue weighted by molar-refractivity contribution is 0.0496. The molecule has 0 aromatic heterocycles. The molecule has 0 aliphatic heterocycles. The smallest absolute Gasteiger partial charge is 0.338 e. The summed E-state index contributed by atoms with van der Waals surface area (Å²) in [5.41, 5.74) is 0.0390. The molecule has 0 bridgehead atoms. The van der Waals surface area contributed by atoms with Crippen LogP contribution >= 0.6 is 0 Å². The number of phenolic OH excluding ortho intramolecular Hbond substituents is 4. The van der Waals surface area contributed by atoms with Gasteiger partial charge in [0, 0.05) is 13.6 Å². The van der Waals surface area contributed by atoms with E-state index in [1.165, 1.54) is 69.6 Å². The molecule has 0 fully saturated rings. The van der Waals surface area contributed by atoms with Gasteiger partial charge in [-0.2, -0.15) is 0 Å². The molecule has 0 unspecified atom stereocenters. The van der Waals surface area contributed by atoms with Gasteiger partial charge in [0.05, 0.1) is 17.7 Å². The number of rotatable bonds is 13. The fourth-order valence-electron chi connectivity index (χ4n) is 3.27. The van der Waals surface area contributed by atoms with Crippen LogP contribution in [0.5, 0.6) is 23.0 Å². The number of carbonyl (C=O) groups is 2. The van der Waals surface area contributed by atoms with E-state index in [2.05, 4.69) is 6.92 Å². The van der Waals surface area contributed by atoms with Gasteiger partial charge in [-0.25, -0.2) is 9.59 Å². The molecule has 0 heterocycles. The number of ether oxygens (including phenoxy) is 1. The topological polar surface area (TPSA) is 145 Å². The summed E-state index contributed by atoms with van der Waals surface area (Å²) in [6, 6.07) is 6.94. The molecular weight excluding hydrogens is 440 g/mol. The van der Waals surface area contributed by atoms with E-state index < -0.39 is 11.9 Å². The maximum Gasteiger partial charge on any atom is 0.338 e. The second-order valence-corrected chi connectivity index (χ2v) is 8.10. The summed E-state index contributed by atoms with van der Waals surface area (Å²) >= 11 is 0. The van der Waals surface area contributed by atoms with Crippen LogP contribution in [0.15, 0.2) is 36.4 Å². The first kappa shape index (κ1) is 28.6. The summed E-state index contributed by atoms with van der Waals surface area (Å²) in [6.45, 7) is 2.61. The first-order chi connectivity index (χ1) is 16.2. The molecule has 34 heavy (non-hydrogen) atoms. The van der Waals surface area contributed by atoms with Crippen molar-refractivity contribution in [2.24, 2.45) is 0 Å². The normalized spacial score (nSPS) is 10.3. The van der Waals surface area contributed by atoms with Crippen molar-refractivity contribution in [1.82, 2.24) is 0 Å². The van der Waals surface area contributed by atoms with Gasteiger partial charge in [0.2, 0.25) is 0 Å². The Kier molecular flexibility index (Phi) is 13.7. The van der Waals surface area contributed by atoms with Crippen molar-refractivity contribution < 1.29 is 41.3 Å². The zero-order chi connectivity index (χ0) is 25.3. The Balaban J connectivity index is 0.000000807. The number of aromatic hydroxyl groups is 4. The third-order valence-corrected chi connectivity index (χ3v) is 5.02. The number of benzene rings is 2. The minimum Gasteiger partial charge on any atom is -0.508 e. The molecule has 8 heteroatoms. The van der Waals surface area contributed by atoms with Gasteiger partial charge < -0.3 is 30.3 Å². The van der Waals surface area contributed by atoms with E-state index in [0.29, 0.717) is 6.61 Å². The van der Waals surface area contributed by atoms with Crippen molar-refractivity contribution in [1.29, 1.82) is 0 Å². The Labute approximate surface area is 201 Å². The number of hydrogen-bond acceptors (Lipinski definition) is 7. The number of esters is 1. The average Bonchev–Trinajstić information content (AvgIpc) is 2.76. The second kappa shape index (κ2) is 16.2. The molecule has 0 aliphatic rings. The quantitative estimate of drug-likeness (QED) is 0.169. The van der Waals surface area contributed by atoms with Crippen molar-refractivity contribution in [3.63, 3.8) is 0 Å². The summed E-state index contributed by atoms with van der Waals surface area (Å²) in [5, 5.41) is 44.7. The zero-order valence-electron chi connectivity index (χ0n) is 19.7. The molecule has 0 atom stereocenters. The molecular formula is C26H38O8. The molecule has 2 rings (SSSR count). The van der Waals surface area contributed by atoms with E-state index in [0.717, 1.165) is 31.0 Å². The van der Waals surface area contributed by atoms with Crippen LogP contribution in [0.2, 0.25) is 0 Å². The minimum absolute atomic E-state index is 0. The Morgan fingerprint density at radius 2 is 1.03 bits per heavy atom. The lowest BCUT2D eigenvalue weighted by Crippen LogP contribution is -2.06. The highest BCUT2D eigenvalue weighted by Gasteiger charge is 2.09. The SMILES string of the molecule is CCCCCCCCCCCCOC(=O)c1cc(O)cc(O)c1.O=C(O)c1cc(O)cc(O)c1.[HH]. The Morgan fingerprint density at radius 1 is 0.647 bits per heavy atom. The van der Waals surface area contributed by atoms with E-state index >= 15 is 0 Å². The Bertz CT molecular complexity index is 860. The van der Waals surface area contributed by atoms with Crippen LogP contribution in [0, 0.1) is 0 Å². The molecule has 0 saturated carbocycles. The molecule has 8 nitrogen and oxygen atoms in total. The predicted molar refractivity (Wildman–Crippen MR) is 131 cm³/mol. The van der Waals surface area contributed by atoms with Gasteiger partial charge >= 0.3 is 11.9 Å². The first-order valence-electron chi connectivity index (χ1n) is 11.7. The van der Waals surface area contributed by atoms with Crippen LogP contribution < -0.4 is 0 Å². The molecule has 0 spiro atoms. The third-order valence-electron chi connectivity index (χ3n) is 5.02. The van der Waals surface area contributed by atoms with Crippen molar-refractivity contribution in [2.45, 2.75) is 71.1 Å². The molecule has 0 radical (unpaired) electrons. The molecule has 0 aliphatic carbocycles. The van der Waals surface area contributed by atoms with Crippen LogP contribution in [-0.4, -0.2) is 44.1 Å². The highest BCUT2D eigenvalue weighted by Crippen LogP contribution is 2.21. The van der Waals surface area contributed by atoms with Gasteiger partial charge in [-0.1, -0.05) is 64.7 Å². The maximum atomic E-state index is 11.8. The average molecular weight is 479 g/mol. The molecule has 2 aromatic rings. The number of phenols is 4. The monoisotopic (exact) mass is 478 g/mol. The predicted octanol–water partition coefficient (Wildman–Crippen LogP) is 6.22. The number of carboxylic acids is 1. The molecule has 190 valence electrons. The van der Waals surface area contributed by atoms with Crippen LogP contribution in [-0.2, 0) is 4.74 Å². The van der Waals surface area contributed by atoms with Crippen molar-refractivity contribution in [3.05, 3.63) is 47.5 Å². The summed E-state index contributed by atoms with van der Waals surface area (Å²) in [7, 11) is 0. The van der Waals surface area contributed by atoms with Gasteiger partial charge in [-0.15, -0.1) is 0 Å². The summed E-state index contributed by atoms with van der Waals surface area (Å²) < 4.78 is 5.15. The van der Waals surface area contributed by atoms with E-state index in [-0.39, 0.29) is 35.6 Å². The number of carbonyl (C=O) groups excluding carboxylic acids is 1. The molecule has 0 amide bonds. The van der Waals surface area contributed by atoms with E-state index in [4.69, 9.17) is 20.1 Å². The van der Waals surface area contributed by atoms with E-state index in [1.54, 1.807) is 0 Å². The standard InChI is InChI=1S/C19H30O4.C7H6O4.H2/c1-2-3-4-5-6-7-8-9-10-11-12-23-19(22)16-13-17(20)15-18(21)14-16;8-5-1-4(7(10)11)2-6(9)3-5;/h13-15,20-21H,2-12H2,1H3;1-3,8-9H,(H,10,11);1H. The zero-order valence-corrected chi connectivity index (χ0v) is 19.7. The molecule has 2 aromatic carbocycles. The lowest BCUT2D eigenvalue weighted by Gasteiger charge is -2.06. The highest BCUT2D eigenvalue weighted by molar-refractivity contribution is 5.90. The largest absolute Gasteiger partial charge is 0.508 e.